The predicted octanol–water partition coefficient (Wildman–Crippen LogP) is 3.19. The third-order valence-corrected chi connectivity index (χ3v) is 2.54. The van der Waals surface area contributed by atoms with Gasteiger partial charge < -0.3 is 0 Å². The van der Waals surface area contributed by atoms with E-state index in [1.54, 1.807) is 6.07 Å². The lowest BCUT2D eigenvalue weighted by Crippen LogP contribution is -2.09. The van der Waals surface area contributed by atoms with Crippen LogP contribution in [-0.4, -0.2) is 12.6 Å². The molecule has 0 aliphatic heterocycles. The Morgan fingerprint density at radius 2 is 2.06 bits per heavy atom. The van der Waals surface area contributed by atoms with E-state index in [2.05, 4.69) is 6.92 Å². The molecule has 1 rings (SSSR count). The monoisotopic (exact) mass is 222 g/mol. The Kier molecular flexibility index (Phi) is 4.99. The maximum atomic E-state index is 11.6. The Bertz CT molecular complexity index is 358. The van der Waals surface area contributed by atoms with Gasteiger partial charge >= 0.3 is 5.97 Å². The quantitative estimate of drug-likeness (QED) is 0.436. The molecule has 0 aliphatic rings. The molecule has 0 fully saturated rings. The zero-order valence-corrected chi connectivity index (χ0v) is 10.1. The summed E-state index contributed by atoms with van der Waals surface area (Å²) in [7, 11) is 0. The Balaban J connectivity index is 2.56. The number of rotatable bonds is 5. The zero-order chi connectivity index (χ0) is 12.0. The highest BCUT2D eigenvalue weighted by Gasteiger charge is 2.12. The molecule has 0 N–H and O–H groups in total. The fourth-order valence-electron chi connectivity index (χ4n) is 1.32. The molecule has 3 heteroatoms. The molecule has 0 aliphatic carbocycles. The minimum absolute atomic E-state index is 0.419. The molecule has 0 bridgehead atoms. The second-order valence-electron chi connectivity index (χ2n) is 3.79. The van der Waals surface area contributed by atoms with Crippen LogP contribution in [-0.2, 0) is 9.78 Å². The average Bonchev–Trinajstić information content (AvgIpc) is 2.28. The van der Waals surface area contributed by atoms with E-state index in [4.69, 9.17) is 9.78 Å². The summed E-state index contributed by atoms with van der Waals surface area (Å²) in [6.45, 7) is 6.37. The van der Waals surface area contributed by atoms with Gasteiger partial charge in [0.05, 0.1) is 12.2 Å². The Hall–Kier alpha value is -1.35. The number of carbonyl (C=O) groups is 1. The van der Waals surface area contributed by atoms with Crippen molar-refractivity contribution in [2.24, 2.45) is 0 Å². The largest absolute Gasteiger partial charge is 0.373 e. The summed E-state index contributed by atoms with van der Waals surface area (Å²) in [5.41, 5.74) is 2.58. The molecule has 1 aromatic rings. The van der Waals surface area contributed by atoms with Crippen LogP contribution in [0.5, 0.6) is 0 Å². The fraction of sp³-hybridized carbons (Fsp3) is 0.462. The second-order valence-corrected chi connectivity index (χ2v) is 3.79. The molecule has 16 heavy (non-hydrogen) atoms. The summed E-state index contributed by atoms with van der Waals surface area (Å²) in [6.07, 6.45) is 1.90. The van der Waals surface area contributed by atoms with E-state index in [9.17, 15) is 4.79 Å². The molecular formula is C13H18O3. The van der Waals surface area contributed by atoms with Gasteiger partial charge in [0.2, 0.25) is 0 Å². The summed E-state index contributed by atoms with van der Waals surface area (Å²) in [5, 5.41) is 0. The van der Waals surface area contributed by atoms with Crippen LogP contribution >= 0.6 is 0 Å². The first kappa shape index (κ1) is 12.7. The van der Waals surface area contributed by atoms with Crippen molar-refractivity contribution in [1.82, 2.24) is 0 Å². The van der Waals surface area contributed by atoms with Gasteiger partial charge in [-0.3, -0.25) is 4.89 Å². The van der Waals surface area contributed by atoms with Gasteiger partial charge in [-0.15, -0.1) is 0 Å². The number of aryl methyl sites for hydroxylation is 1. The highest BCUT2D eigenvalue weighted by atomic mass is 17.2. The minimum Gasteiger partial charge on any atom is -0.293 e. The molecule has 3 nitrogen and oxygen atoms in total. The summed E-state index contributed by atoms with van der Waals surface area (Å²) in [4.78, 5) is 21.2. The van der Waals surface area contributed by atoms with Crippen LogP contribution in [0.25, 0.3) is 0 Å². The van der Waals surface area contributed by atoms with Crippen LogP contribution < -0.4 is 0 Å². The van der Waals surface area contributed by atoms with Crippen molar-refractivity contribution in [3.8, 4) is 0 Å². The number of benzene rings is 1. The molecule has 0 spiro atoms. The lowest BCUT2D eigenvalue weighted by Gasteiger charge is -2.07. The molecular weight excluding hydrogens is 204 g/mol. The van der Waals surface area contributed by atoms with Crippen LogP contribution in [0.1, 0.15) is 41.3 Å². The Labute approximate surface area is 96.3 Å². The van der Waals surface area contributed by atoms with E-state index in [1.165, 1.54) is 0 Å². The van der Waals surface area contributed by atoms with Crippen molar-refractivity contribution >= 4 is 5.97 Å². The first-order valence-corrected chi connectivity index (χ1v) is 5.56. The molecule has 0 unspecified atom stereocenters. The lowest BCUT2D eigenvalue weighted by atomic mass is 10.0. The maximum Gasteiger partial charge on any atom is 0.373 e. The fourth-order valence-corrected chi connectivity index (χ4v) is 1.32. The molecule has 1 aromatic carbocycles. The van der Waals surface area contributed by atoms with E-state index in [0.29, 0.717) is 12.2 Å². The third kappa shape index (κ3) is 3.35. The summed E-state index contributed by atoms with van der Waals surface area (Å²) in [6, 6.07) is 5.54. The molecule has 0 aromatic heterocycles. The highest BCUT2D eigenvalue weighted by molar-refractivity contribution is 5.90. The second kappa shape index (κ2) is 6.28. The summed E-state index contributed by atoms with van der Waals surface area (Å²) < 4.78 is 0. The van der Waals surface area contributed by atoms with Crippen molar-refractivity contribution < 1.29 is 14.6 Å². The number of unbranched alkanes of at least 4 members (excludes halogenated alkanes) is 1. The third-order valence-electron chi connectivity index (χ3n) is 2.54. The standard InChI is InChI=1S/C13H18O3/c1-4-5-9-15-16-13(14)12-8-6-7-10(2)11(12)3/h6-8H,4-5,9H2,1-3H3. The highest BCUT2D eigenvalue weighted by Crippen LogP contribution is 2.13. The van der Waals surface area contributed by atoms with Gasteiger partial charge in [0.15, 0.2) is 0 Å². The molecule has 0 saturated heterocycles. The predicted molar refractivity (Wildman–Crippen MR) is 62.2 cm³/mol. The van der Waals surface area contributed by atoms with Crippen molar-refractivity contribution in [2.75, 3.05) is 6.61 Å². The van der Waals surface area contributed by atoms with Crippen LogP contribution in [0.15, 0.2) is 18.2 Å². The van der Waals surface area contributed by atoms with Crippen molar-refractivity contribution in [1.29, 1.82) is 0 Å². The van der Waals surface area contributed by atoms with Gasteiger partial charge in [-0.25, -0.2) is 4.79 Å². The van der Waals surface area contributed by atoms with Crippen LogP contribution in [0.2, 0.25) is 0 Å². The molecule has 0 amide bonds. The first-order chi connectivity index (χ1) is 7.66. The topological polar surface area (TPSA) is 35.5 Å². The molecule has 0 radical (unpaired) electrons. The number of hydrogen-bond acceptors (Lipinski definition) is 3. The maximum absolute atomic E-state index is 11.6. The summed E-state index contributed by atoms with van der Waals surface area (Å²) in [5.74, 6) is -0.419. The number of hydrogen-bond donors (Lipinski definition) is 0. The summed E-state index contributed by atoms with van der Waals surface area (Å²) >= 11 is 0. The Morgan fingerprint density at radius 3 is 2.75 bits per heavy atom. The molecule has 0 saturated carbocycles. The van der Waals surface area contributed by atoms with E-state index in [1.807, 2.05) is 26.0 Å². The minimum atomic E-state index is -0.419. The molecule has 0 heterocycles. The van der Waals surface area contributed by atoms with E-state index in [0.717, 1.165) is 24.0 Å². The zero-order valence-electron chi connectivity index (χ0n) is 10.1. The van der Waals surface area contributed by atoms with Gasteiger partial charge in [0.1, 0.15) is 0 Å². The van der Waals surface area contributed by atoms with Crippen LogP contribution in [0.3, 0.4) is 0 Å². The van der Waals surface area contributed by atoms with E-state index in [-0.39, 0.29) is 0 Å². The normalized spacial score (nSPS) is 10.2. The average molecular weight is 222 g/mol. The Morgan fingerprint density at radius 1 is 1.31 bits per heavy atom. The van der Waals surface area contributed by atoms with E-state index < -0.39 is 5.97 Å². The SMILES string of the molecule is CCCCOOC(=O)c1cccc(C)c1C. The van der Waals surface area contributed by atoms with E-state index >= 15 is 0 Å². The van der Waals surface area contributed by atoms with Crippen LogP contribution in [0, 0.1) is 13.8 Å². The van der Waals surface area contributed by atoms with Gasteiger partial charge in [0, 0.05) is 0 Å². The van der Waals surface area contributed by atoms with Gasteiger partial charge in [-0.2, -0.15) is 4.89 Å². The molecule has 0 atom stereocenters. The van der Waals surface area contributed by atoms with Crippen molar-refractivity contribution in [3.05, 3.63) is 34.9 Å². The van der Waals surface area contributed by atoms with Gasteiger partial charge in [-0.05, 0) is 37.5 Å². The molecule has 88 valence electrons. The number of carbonyl (C=O) groups excluding carboxylic acids is 1. The van der Waals surface area contributed by atoms with Crippen molar-refractivity contribution in [2.45, 2.75) is 33.6 Å². The van der Waals surface area contributed by atoms with Gasteiger partial charge in [0.25, 0.3) is 0 Å². The smallest absolute Gasteiger partial charge is 0.293 e. The van der Waals surface area contributed by atoms with Crippen molar-refractivity contribution in [3.63, 3.8) is 0 Å². The van der Waals surface area contributed by atoms with Crippen LogP contribution in [0.4, 0.5) is 0 Å². The lowest BCUT2D eigenvalue weighted by molar-refractivity contribution is -0.241. The van der Waals surface area contributed by atoms with Gasteiger partial charge in [-0.1, -0.05) is 25.5 Å². The first-order valence-electron chi connectivity index (χ1n) is 5.56.